The second-order valence-electron chi connectivity index (χ2n) is 4.52. The van der Waals surface area contributed by atoms with Crippen molar-refractivity contribution in [3.8, 4) is 17.1 Å². The second kappa shape index (κ2) is 4.98. The summed E-state index contributed by atoms with van der Waals surface area (Å²) in [5, 5.41) is 0.741. The van der Waals surface area contributed by atoms with Crippen molar-refractivity contribution in [2.75, 3.05) is 7.11 Å². The molecule has 0 amide bonds. The molecule has 1 heterocycles. The lowest BCUT2D eigenvalue weighted by Gasteiger charge is -2.07. The minimum absolute atomic E-state index is 0.276. The fourth-order valence-corrected chi connectivity index (χ4v) is 2.25. The van der Waals surface area contributed by atoms with Crippen LogP contribution in [-0.4, -0.2) is 7.11 Å². The van der Waals surface area contributed by atoms with Crippen molar-refractivity contribution in [2.45, 2.75) is 6.54 Å². The van der Waals surface area contributed by atoms with E-state index in [4.69, 9.17) is 14.9 Å². The lowest BCUT2D eigenvalue weighted by molar-refractivity contribution is 0.410. The van der Waals surface area contributed by atoms with Crippen LogP contribution in [0.15, 0.2) is 46.9 Å². The number of nitrogens with two attached hydrogens (primary N) is 1. The van der Waals surface area contributed by atoms with Crippen LogP contribution in [-0.2, 0) is 6.54 Å². The van der Waals surface area contributed by atoms with Crippen molar-refractivity contribution in [1.29, 1.82) is 0 Å². The van der Waals surface area contributed by atoms with Gasteiger partial charge in [0.15, 0.2) is 0 Å². The number of ether oxygens (including phenoxy) is 1. The molecular formula is C16H14FNO2. The highest BCUT2D eigenvalue weighted by molar-refractivity contribution is 5.83. The Hall–Kier alpha value is -2.33. The van der Waals surface area contributed by atoms with Gasteiger partial charge in [0.25, 0.3) is 0 Å². The Bertz CT molecular complexity index is 764. The van der Waals surface area contributed by atoms with Crippen molar-refractivity contribution >= 4 is 11.0 Å². The lowest BCUT2D eigenvalue weighted by Crippen LogP contribution is -1.99. The zero-order chi connectivity index (χ0) is 14.1. The van der Waals surface area contributed by atoms with E-state index in [9.17, 15) is 4.39 Å². The summed E-state index contributed by atoms with van der Waals surface area (Å²) in [7, 11) is 1.61. The van der Waals surface area contributed by atoms with E-state index in [-0.39, 0.29) is 5.82 Å². The molecule has 20 heavy (non-hydrogen) atoms. The molecule has 0 unspecified atom stereocenters. The first-order valence-corrected chi connectivity index (χ1v) is 6.27. The number of hydrogen-bond acceptors (Lipinski definition) is 3. The number of methoxy groups -OCH3 is 1. The average Bonchev–Trinajstić information content (AvgIpc) is 2.89. The molecule has 0 radical (unpaired) electrons. The third-order valence-electron chi connectivity index (χ3n) is 3.26. The van der Waals surface area contributed by atoms with Crippen LogP contribution in [0.3, 0.4) is 0 Å². The van der Waals surface area contributed by atoms with Crippen molar-refractivity contribution in [3.05, 3.63) is 53.8 Å². The highest BCUT2D eigenvalue weighted by Crippen LogP contribution is 2.31. The minimum atomic E-state index is -0.276. The van der Waals surface area contributed by atoms with Crippen molar-refractivity contribution in [1.82, 2.24) is 0 Å². The van der Waals surface area contributed by atoms with Crippen LogP contribution in [0.2, 0.25) is 0 Å². The van der Waals surface area contributed by atoms with Gasteiger partial charge in [-0.3, -0.25) is 0 Å². The number of rotatable bonds is 3. The lowest BCUT2D eigenvalue weighted by atomic mass is 10.1. The molecule has 3 rings (SSSR count). The minimum Gasteiger partial charge on any atom is -0.496 e. The number of benzene rings is 2. The Balaban J connectivity index is 2.10. The van der Waals surface area contributed by atoms with Gasteiger partial charge in [0.2, 0.25) is 0 Å². The summed E-state index contributed by atoms with van der Waals surface area (Å²) in [6.45, 7) is 0.381. The second-order valence-corrected chi connectivity index (χ2v) is 4.52. The monoisotopic (exact) mass is 271 g/mol. The summed E-state index contributed by atoms with van der Waals surface area (Å²) >= 11 is 0. The molecule has 3 nitrogen and oxygen atoms in total. The van der Waals surface area contributed by atoms with Crippen molar-refractivity contribution < 1.29 is 13.5 Å². The maximum atomic E-state index is 13.2. The first kappa shape index (κ1) is 12.7. The van der Waals surface area contributed by atoms with Crippen LogP contribution in [0, 0.1) is 5.82 Å². The summed E-state index contributed by atoms with van der Waals surface area (Å²) in [5.41, 5.74) is 8.16. The third kappa shape index (κ3) is 2.14. The van der Waals surface area contributed by atoms with Gasteiger partial charge in [-0.25, -0.2) is 4.39 Å². The summed E-state index contributed by atoms with van der Waals surface area (Å²) in [5.74, 6) is 1.16. The van der Waals surface area contributed by atoms with Gasteiger partial charge in [0, 0.05) is 23.1 Å². The molecule has 0 aliphatic carbocycles. The van der Waals surface area contributed by atoms with Gasteiger partial charge in [-0.05, 0) is 42.5 Å². The van der Waals surface area contributed by atoms with Gasteiger partial charge in [-0.1, -0.05) is 0 Å². The molecule has 3 aromatic rings. The maximum absolute atomic E-state index is 13.2. The predicted molar refractivity (Wildman–Crippen MR) is 76.1 cm³/mol. The Labute approximate surface area is 115 Å². The molecule has 4 heteroatoms. The Morgan fingerprint density at radius 2 is 2.00 bits per heavy atom. The van der Waals surface area contributed by atoms with Crippen LogP contribution in [0.25, 0.3) is 22.3 Å². The summed E-state index contributed by atoms with van der Waals surface area (Å²) < 4.78 is 24.2. The van der Waals surface area contributed by atoms with E-state index in [1.165, 1.54) is 12.1 Å². The standard InChI is InChI=1S/C16H14FNO2/c1-19-14-4-2-10(6-12(14)9-18)16-8-11-7-13(17)3-5-15(11)20-16/h2-8H,9,18H2,1H3. The normalized spacial score (nSPS) is 10.9. The first-order valence-electron chi connectivity index (χ1n) is 6.27. The third-order valence-corrected chi connectivity index (χ3v) is 3.26. The predicted octanol–water partition coefficient (Wildman–Crippen LogP) is 3.71. The smallest absolute Gasteiger partial charge is 0.135 e. The van der Waals surface area contributed by atoms with Gasteiger partial charge in [-0.2, -0.15) is 0 Å². The van der Waals surface area contributed by atoms with Crippen LogP contribution in [0.4, 0.5) is 4.39 Å². The molecule has 2 aromatic carbocycles. The summed E-state index contributed by atoms with van der Waals surface area (Å²) in [4.78, 5) is 0. The Kier molecular flexibility index (Phi) is 3.16. The molecule has 0 saturated heterocycles. The zero-order valence-electron chi connectivity index (χ0n) is 11.0. The number of halogens is 1. The largest absolute Gasteiger partial charge is 0.496 e. The van der Waals surface area contributed by atoms with E-state index in [2.05, 4.69) is 0 Å². The molecule has 2 N–H and O–H groups in total. The van der Waals surface area contributed by atoms with E-state index in [1.807, 2.05) is 24.3 Å². The summed E-state index contributed by atoms with van der Waals surface area (Å²) in [6.07, 6.45) is 0. The van der Waals surface area contributed by atoms with Crippen LogP contribution in [0.5, 0.6) is 5.75 Å². The first-order chi connectivity index (χ1) is 9.71. The molecule has 102 valence electrons. The highest BCUT2D eigenvalue weighted by atomic mass is 19.1. The molecule has 0 spiro atoms. The average molecular weight is 271 g/mol. The van der Waals surface area contributed by atoms with Gasteiger partial charge >= 0.3 is 0 Å². The molecule has 0 aliphatic rings. The van der Waals surface area contributed by atoms with Crippen molar-refractivity contribution in [3.63, 3.8) is 0 Å². The van der Waals surface area contributed by atoms with Crippen LogP contribution in [0.1, 0.15) is 5.56 Å². The zero-order valence-corrected chi connectivity index (χ0v) is 11.0. The topological polar surface area (TPSA) is 48.4 Å². The summed E-state index contributed by atoms with van der Waals surface area (Å²) in [6, 6.07) is 12.0. The van der Waals surface area contributed by atoms with Crippen molar-refractivity contribution in [2.24, 2.45) is 5.73 Å². The molecular weight excluding hydrogens is 257 g/mol. The van der Waals surface area contributed by atoms with E-state index in [0.717, 1.165) is 22.3 Å². The Morgan fingerprint density at radius 1 is 1.15 bits per heavy atom. The molecule has 0 saturated carbocycles. The molecule has 0 bridgehead atoms. The molecule has 0 atom stereocenters. The highest BCUT2D eigenvalue weighted by Gasteiger charge is 2.09. The van der Waals surface area contributed by atoms with Crippen LogP contribution < -0.4 is 10.5 Å². The fourth-order valence-electron chi connectivity index (χ4n) is 2.25. The maximum Gasteiger partial charge on any atom is 0.135 e. The molecule has 0 fully saturated rings. The number of furan rings is 1. The number of fused-ring (bicyclic) bond motifs is 1. The van der Waals surface area contributed by atoms with Crippen LogP contribution >= 0.6 is 0 Å². The van der Waals surface area contributed by atoms with Gasteiger partial charge in [0.05, 0.1) is 7.11 Å². The van der Waals surface area contributed by atoms with E-state index >= 15 is 0 Å². The van der Waals surface area contributed by atoms with E-state index in [1.54, 1.807) is 13.2 Å². The van der Waals surface area contributed by atoms with Gasteiger partial charge in [0.1, 0.15) is 22.9 Å². The Morgan fingerprint density at radius 3 is 2.75 bits per heavy atom. The van der Waals surface area contributed by atoms with E-state index in [0.29, 0.717) is 17.9 Å². The van der Waals surface area contributed by atoms with E-state index < -0.39 is 0 Å². The fraction of sp³-hybridized carbons (Fsp3) is 0.125. The SMILES string of the molecule is COc1ccc(-c2cc3cc(F)ccc3o2)cc1CN. The quantitative estimate of drug-likeness (QED) is 0.790. The van der Waals surface area contributed by atoms with Gasteiger partial charge in [-0.15, -0.1) is 0 Å². The van der Waals surface area contributed by atoms with Gasteiger partial charge < -0.3 is 14.9 Å². The molecule has 0 aliphatic heterocycles. The molecule has 1 aromatic heterocycles. The number of hydrogen-bond donors (Lipinski definition) is 1.